The molecule has 3 fully saturated rings. The Hall–Kier alpha value is -2.76. The number of carbonyl (C=O) groups excluding carboxylic acids is 4. The predicted octanol–water partition coefficient (Wildman–Crippen LogP) is 1.85. The number of benzene rings is 1. The standard InChI is InChI=1S/C22H21NO5/c1-11(20(25)12-5-3-2-4-6-12)28-17(24)10-23-21(26)18-13-7-8-14(16-9-15(13)16)19(18)22(23)27/h2-8,11,13-16,18-19H,9-10H2,1H3/t11-,13-,14-,15-,16+,18+,19-/m1/s1. The molecule has 5 aliphatic rings. The van der Waals surface area contributed by atoms with E-state index >= 15 is 0 Å². The van der Waals surface area contributed by atoms with E-state index in [2.05, 4.69) is 12.2 Å². The summed E-state index contributed by atoms with van der Waals surface area (Å²) in [5, 5.41) is 0. The Morgan fingerprint density at radius 1 is 1.04 bits per heavy atom. The maximum absolute atomic E-state index is 12.9. The Labute approximate surface area is 162 Å². The molecule has 0 radical (unpaired) electrons. The highest BCUT2D eigenvalue weighted by Crippen LogP contribution is 2.65. The average molecular weight is 379 g/mol. The topological polar surface area (TPSA) is 80.8 Å². The number of ketones is 1. The van der Waals surface area contributed by atoms with Crippen molar-refractivity contribution < 1.29 is 23.9 Å². The highest BCUT2D eigenvalue weighted by atomic mass is 16.5. The minimum absolute atomic E-state index is 0.121. The first-order chi connectivity index (χ1) is 13.5. The molecule has 0 unspecified atom stereocenters. The molecule has 1 aromatic carbocycles. The zero-order chi connectivity index (χ0) is 19.6. The number of allylic oxidation sites excluding steroid dienone is 2. The number of imide groups is 1. The molecular weight excluding hydrogens is 358 g/mol. The van der Waals surface area contributed by atoms with Gasteiger partial charge < -0.3 is 4.74 Å². The van der Waals surface area contributed by atoms with Crippen molar-refractivity contribution in [3.8, 4) is 0 Å². The molecule has 6 nitrogen and oxygen atoms in total. The third-order valence-electron chi connectivity index (χ3n) is 6.78. The Morgan fingerprint density at radius 2 is 1.61 bits per heavy atom. The lowest BCUT2D eigenvalue weighted by atomic mass is 9.63. The van der Waals surface area contributed by atoms with Crippen LogP contribution in [-0.4, -0.2) is 41.1 Å². The number of nitrogens with zero attached hydrogens (tertiary/aromatic N) is 1. The number of ether oxygens (including phenoxy) is 1. The fourth-order valence-electron chi connectivity index (χ4n) is 5.43. The number of hydrogen-bond donors (Lipinski definition) is 0. The van der Waals surface area contributed by atoms with Crippen molar-refractivity contribution in [2.75, 3.05) is 6.54 Å². The summed E-state index contributed by atoms with van der Waals surface area (Å²) in [5.74, 6) is -0.965. The van der Waals surface area contributed by atoms with Crippen molar-refractivity contribution in [2.45, 2.75) is 19.4 Å². The number of hydrogen-bond acceptors (Lipinski definition) is 5. The number of carbonyl (C=O) groups is 4. The normalized spacial score (nSPS) is 35.4. The first-order valence-corrected chi connectivity index (χ1v) is 9.79. The van der Waals surface area contributed by atoms with E-state index < -0.39 is 18.6 Å². The summed E-state index contributed by atoms with van der Waals surface area (Å²) < 4.78 is 5.23. The van der Waals surface area contributed by atoms with Crippen molar-refractivity contribution in [1.82, 2.24) is 4.90 Å². The fourth-order valence-corrected chi connectivity index (χ4v) is 5.43. The first kappa shape index (κ1) is 17.3. The van der Waals surface area contributed by atoms with Crippen LogP contribution in [-0.2, 0) is 19.1 Å². The van der Waals surface area contributed by atoms with E-state index in [4.69, 9.17) is 4.74 Å². The predicted molar refractivity (Wildman–Crippen MR) is 97.7 cm³/mol. The molecule has 1 saturated heterocycles. The van der Waals surface area contributed by atoms with Gasteiger partial charge in [0, 0.05) is 5.56 Å². The summed E-state index contributed by atoms with van der Waals surface area (Å²) >= 11 is 0. The van der Waals surface area contributed by atoms with Crippen molar-refractivity contribution in [2.24, 2.45) is 35.5 Å². The summed E-state index contributed by atoms with van der Waals surface area (Å²) in [7, 11) is 0. The summed E-state index contributed by atoms with van der Waals surface area (Å²) in [6, 6.07) is 8.57. The Balaban J connectivity index is 1.26. The quantitative estimate of drug-likeness (QED) is 0.338. The number of rotatable bonds is 5. The van der Waals surface area contributed by atoms with E-state index in [0.717, 1.165) is 11.3 Å². The van der Waals surface area contributed by atoms with Gasteiger partial charge in [-0.1, -0.05) is 42.5 Å². The zero-order valence-electron chi connectivity index (χ0n) is 15.5. The van der Waals surface area contributed by atoms with Crippen LogP contribution in [0.5, 0.6) is 0 Å². The molecule has 6 heteroatoms. The smallest absolute Gasteiger partial charge is 0.326 e. The van der Waals surface area contributed by atoms with Crippen LogP contribution in [0.2, 0.25) is 0 Å². The van der Waals surface area contributed by atoms with Crippen LogP contribution in [0, 0.1) is 35.5 Å². The summed E-state index contributed by atoms with van der Waals surface area (Å²) in [6.45, 7) is 1.07. The van der Waals surface area contributed by atoms with Gasteiger partial charge in [0.05, 0.1) is 11.8 Å². The minimum Gasteiger partial charge on any atom is -0.453 e. The number of esters is 1. The number of likely N-dealkylation sites (tertiary alicyclic amines) is 1. The summed E-state index contributed by atoms with van der Waals surface area (Å²) in [5.41, 5.74) is 0.448. The Morgan fingerprint density at radius 3 is 2.18 bits per heavy atom. The molecule has 1 aliphatic heterocycles. The van der Waals surface area contributed by atoms with Crippen molar-refractivity contribution in [3.05, 3.63) is 48.0 Å². The third-order valence-corrected chi connectivity index (χ3v) is 6.78. The molecule has 1 heterocycles. The van der Waals surface area contributed by atoms with Gasteiger partial charge in [-0.05, 0) is 37.0 Å². The molecule has 0 N–H and O–H groups in total. The molecule has 0 aromatic heterocycles. The van der Waals surface area contributed by atoms with Crippen LogP contribution < -0.4 is 0 Å². The molecule has 6 rings (SSSR count). The molecule has 2 amide bonds. The average Bonchev–Trinajstić information content (AvgIpc) is 3.49. The van der Waals surface area contributed by atoms with E-state index in [9.17, 15) is 19.2 Å². The monoisotopic (exact) mass is 379 g/mol. The van der Waals surface area contributed by atoms with Crippen molar-refractivity contribution >= 4 is 23.6 Å². The molecule has 2 bridgehead atoms. The molecule has 28 heavy (non-hydrogen) atoms. The fraction of sp³-hybridized carbons (Fsp3) is 0.455. The summed E-state index contributed by atoms with van der Waals surface area (Å²) in [6.07, 6.45) is 4.30. The lowest BCUT2D eigenvalue weighted by molar-refractivity contribution is -0.154. The lowest BCUT2D eigenvalue weighted by Gasteiger charge is -2.37. The van der Waals surface area contributed by atoms with Crippen molar-refractivity contribution in [1.29, 1.82) is 0 Å². The van der Waals surface area contributed by atoms with Gasteiger partial charge in [0.2, 0.25) is 17.6 Å². The van der Waals surface area contributed by atoms with Gasteiger partial charge in [0.1, 0.15) is 6.54 Å². The van der Waals surface area contributed by atoms with E-state index in [1.54, 1.807) is 30.3 Å². The van der Waals surface area contributed by atoms with Crippen LogP contribution in [0.4, 0.5) is 0 Å². The highest BCUT2D eigenvalue weighted by molar-refractivity contribution is 6.08. The number of Topliss-reactive ketones (excluding diaryl/α,β-unsaturated/α-hetero) is 1. The van der Waals surface area contributed by atoms with Gasteiger partial charge in [-0.3, -0.25) is 24.1 Å². The van der Waals surface area contributed by atoms with Crippen LogP contribution in [0.1, 0.15) is 23.7 Å². The first-order valence-electron chi connectivity index (χ1n) is 9.79. The second-order valence-electron chi connectivity index (χ2n) is 8.28. The van der Waals surface area contributed by atoms with Crippen LogP contribution in [0.3, 0.4) is 0 Å². The SMILES string of the molecule is C[C@@H](OC(=O)CN1C(=O)[C@@H]2[C@@H]3C=C[C@H]([C@H]4C[C@@H]34)[C@@H]2C1=O)C(=O)c1ccccc1. The zero-order valence-corrected chi connectivity index (χ0v) is 15.5. The molecule has 4 aliphatic carbocycles. The van der Waals surface area contributed by atoms with E-state index in [1.165, 1.54) is 6.92 Å². The van der Waals surface area contributed by atoms with Crippen LogP contribution >= 0.6 is 0 Å². The van der Waals surface area contributed by atoms with Gasteiger partial charge in [-0.2, -0.15) is 0 Å². The highest BCUT2D eigenvalue weighted by Gasteiger charge is 2.67. The van der Waals surface area contributed by atoms with E-state index in [-0.39, 0.29) is 41.3 Å². The van der Waals surface area contributed by atoms with Crippen LogP contribution in [0.15, 0.2) is 42.5 Å². The third kappa shape index (κ3) is 2.47. The maximum atomic E-state index is 12.9. The van der Waals surface area contributed by atoms with Gasteiger partial charge in [0.25, 0.3) is 0 Å². The van der Waals surface area contributed by atoms with Crippen molar-refractivity contribution in [3.63, 3.8) is 0 Å². The molecule has 7 atom stereocenters. The van der Waals surface area contributed by atoms with Gasteiger partial charge >= 0.3 is 5.97 Å². The van der Waals surface area contributed by atoms with Gasteiger partial charge in [0.15, 0.2) is 6.10 Å². The molecule has 144 valence electrons. The molecular formula is C22H21NO5. The Kier molecular flexibility index (Phi) is 3.79. The van der Waals surface area contributed by atoms with E-state index in [0.29, 0.717) is 17.4 Å². The van der Waals surface area contributed by atoms with Crippen LogP contribution in [0.25, 0.3) is 0 Å². The lowest BCUT2D eigenvalue weighted by Crippen LogP contribution is -2.40. The largest absolute Gasteiger partial charge is 0.453 e. The van der Waals surface area contributed by atoms with Gasteiger partial charge in [-0.25, -0.2) is 0 Å². The summed E-state index contributed by atoms with van der Waals surface area (Å²) in [4.78, 5) is 51.5. The maximum Gasteiger partial charge on any atom is 0.326 e. The second-order valence-corrected chi connectivity index (χ2v) is 8.28. The second kappa shape index (κ2) is 6.12. The minimum atomic E-state index is -0.976. The number of amides is 2. The Bertz CT molecular complexity index is 871. The molecule has 0 spiro atoms. The van der Waals surface area contributed by atoms with Gasteiger partial charge in [-0.15, -0.1) is 0 Å². The van der Waals surface area contributed by atoms with E-state index in [1.807, 2.05) is 0 Å². The molecule has 2 saturated carbocycles. The molecule has 1 aromatic rings.